The predicted octanol–water partition coefficient (Wildman–Crippen LogP) is 1.55. The fourth-order valence-corrected chi connectivity index (χ4v) is 1.76. The van der Waals surface area contributed by atoms with E-state index in [1.807, 2.05) is 13.2 Å². The number of nitrogens with zero attached hydrogens (tertiary/aromatic N) is 4. The fourth-order valence-electron chi connectivity index (χ4n) is 1.76. The van der Waals surface area contributed by atoms with Gasteiger partial charge in [-0.05, 0) is 32.9 Å². The third-order valence-corrected chi connectivity index (χ3v) is 2.71. The molecule has 2 heterocycles. The van der Waals surface area contributed by atoms with Gasteiger partial charge in [0.05, 0.1) is 6.54 Å². The number of nitrogens with one attached hydrogen (secondary N) is 1. The first-order chi connectivity index (χ1) is 8.44. The molecule has 0 unspecified atom stereocenters. The molecule has 2 rings (SSSR count). The van der Waals surface area contributed by atoms with Gasteiger partial charge in [-0.3, -0.25) is 4.68 Å². The van der Waals surface area contributed by atoms with E-state index in [-0.39, 0.29) is 5.54 Å². The summed E-state index contributed by atoms with van der Waals surface area (Å²) >= 11 is 0. The van der Waals surface area contributed by atoms with Gasteiger partial charge in [-0.25, -0.2) is 0 Å². The molecule has 0 fully saturated rings. The molecule has 5 nitrogen and oxygen atoms in total. The molecule has 0 aromatic carbocycles. The highest BCUT2D eigenvalue weighted by Crippen LogP contribution is 2.08. The minimum absolute atomic E-state index is 0.127. The number of hydrogen-bond acceptors (Lipinski definition) is 3. The molecular weight excluding hydrogens is 226 g/mol. The third kappa shape index (κ3) is 3.43. The SMILES string of the molecule is Cn1cc(Cn2cccc2CNC(C)(C)C)nn1. The zero-order valence-corrected chi connectivity index (χ0v) is 11.5. The van der Waals surface area contributed by atoms with Gasteiger partial charge in [-0.15, -0.1) is 5.10 Å². The first-order valence-corrected chi connectivity index (χ1v) is 6.18. The Morgan fingerprint density at radius 3 is 2.72 bits per heavy atom. The van der Waals surface area contributed by atoms with Crippen LogP contribution in [0.2, 0.25) is 0 Å². The molecule has 2 aromatic rings. The maximum atomic E-state index is 4.11. The van der Waals surface area contributed by atoms with E-state index in [1.54, 1.807) is 4.68 Å². The average Bonchev–Trinajstić information content (AvgIpc) is 2.85. The average molecular weight is 247 g/mol. The Morgan fingerprint density at radius 2 is 2.11 bits per heavy atom. The van der Waals surface area contributed by atoms with Crippen molar-refractivity contribution in [1.82, 2.24) is 24.9 Å². The van der Waals surface area contributed by atoms with E-state index in [0.29, 0.717) is 0 Å². The number of hydrogen-bond donors (Lipinski definition) is 1. The molecule has 1 N–H and O–H groups in total. The smallest absolute Gasteiger partial charge is 0.102 e. The molecule has 5 heteroatoms. The van der Waals surface area contributed by atoms with Gasteiger partial charge in [0.15, 0.2) is 0 Å². The Balaban J connectivity index is 2.03. The molecule has 0 aliphatic heterocycles. The molecule has 0 saturated carbocycles. The van der Waals surface area contributed by atoms with Gasteiger partial charge < -0.3 is 9.88 Å². The van der Waals surface area contributed by atoms with Crippen molar-refractivity contribution >= 4 is 0 Å². The molecule has 0 amide bonds. The van der Waals surface area contributed by atoms with Crippen LogP contribution in [0.15, 0.2) is 24.5 Å². The van der Waals surface area contributed by atoms with Crippen LogP contribution >= 0.6 is 0 Å². The monoisotopic (exact) mass is 247 g/mol. The summed E-state index contributed by atoms with van der Waals surface area (Å²) in [4.78, 5) is 0. The maximum absolute atomic E-state index is 4.11. The second kappa shape index (κ2) is 4.94. The summed E-state index contributed by atoms with van der Waals surface area (Å²) in [6, 6.07) is 4.20. The lowest BCUT2D eigenvalue weighted by Gasteiger charge is -2.21. The van der Waals surface area contributed by atoms with E-state index < -0.39 is 0 Å². The Bertz CT molecular complexity index is 503. The minimum Gasteiger partial charge on any atom is -0.344 e. The molecule has 0 bridgehead atoms. The Hall–Kier alpha value is -1.62. The summed E-state index contributed by atoms with van der Waals surface area (Å²) < 4.78 is 3.93. The molecule has 98 valence electrons. The Morgan fingerprint density at radius 1 is 1.33 bits per heavy atom. The van der Waals surface area contributed by atoms with Gasteiger partial charge >= 0.3 is 0 Å². The summed E-state index contributed by atoms with van der Waals surface area (Å²) in [6.45, 7) is 8.13. The molecule has 0 atom stereocenters. The van der Waals surface area contributed by atoms with Crippen molar-refractivity contribution in [2.75, 3.05) is 0 Å². The van der Waals surface area contributed by atoms with E-state index in [9.17, 15) is 0 Å². The fraction of sp³-hybridized carbons (Fsp3) is 0.538. The van der Waals surface area contributed by atoms with E-state index in [2.05, 4.69) is 59.3 Å². The highest BCUT2D eigenvalue weighted by Gasteiger charge is 2.10. The first-order valence-electron chi connectivity index (χ1n) is 6.18. The lowest BCUT2D eigenvalue weighted by Crippen LogP contribution is -2.35. The van der Waals surface area contributed by atoms with Gasteiger partial charge in [0, 0.05) is 37.2 Å². The van der Waals surface area contributed by atoms with Gasteiger partial charge in [0.2, 0.25) is 0 Å². The summed E-state index contributed by atoms with van der Waals surface area (Å²) in [5.41, 5.74) is 2.36. The highest BCUT2D eigenvalue weighted by molar-refractivity contribution is 5.10. The lowest BCUT2D eigenvalue weighted by molar-refractivity contribution is 0.416. The normalized spacial score (nSPS) is 12.0. The van der Waals surface area contributed by atoms with E-state index >= 15 is 0 Å². The molecule has 0 radical (unpaired) electrons. The van der Waals surface area contributed by atoms with Crippen LogP contribution in [0.25, 0.3) is 0 Å². The van der Waals surface area contributed by atoms with Crippen molar-refractivity contribution in [2.45, 2.75) is 39.4 Å². The second-order valence-corrected chi connectivity index (χ2v) is 5.61. The molecule has 0 aliphatic rings. The van der Waals surface area contributed by atoms with Crippen LogP contribution < -0.4 is 5.32 Å². The van der Waals surface area contributed by atoms with Gasteiger partial charge in [0.1, 0.15) is 5.69 Å². The van der Waals surface area contributed by atoms with Crippen LogP contribution in [0.1, 0.15) is 32.2 Å². The van der Waals surface area contributed by atoms with Crippen LogP contribution in [-0.4, -0.2) is 25.1 Å². The Kier molecular flexibility index (Phi) is 3.52. The van der Waals surface area contributed by atoms with E-state index in [1.165, 1.54) is 5.69 Å². The minimum atomic E-state index is 0.127. The third-order valence-electron chi connectivity index (χ3n) is 2.71. The van der Waals surface area contributed by atoms with Crippen molar-refractivity contribution in [3.8, 4) is 0 Å². The number of aromatic nitrogens is 4. The molecule has 18 heavy (non-hydrogen) atoms. The van der Waals surface area contributed by atoms with Gasteiger partial charge in [-0.1, -0.05) is 5.21 Å². The molecule has 0 aliphatic carbocycles. The largest absolute Gasteiger partial charge is 0.344 e. The summed E-state index contributed by atoms with van der Waals surface area (Å²) in [6.07, 6.45) is 4.02. The van der Waals surface area contributed by atoms with E-state index in [0.717, 1.165) is 18.8 Å². The van der Waals surface area contributed by atoms with Crippen LogP contribution in [0, 0.1) is 0 Å². The first kappa shape index (κ1) is 12.8. The second-order valence-electron chi connectivity index (χ2n) is 5.61. The van der Waals surface area contributed by atoms with Crippen molar-refractivity contribution < 1.29 is 0 Å². The summed E-state index contributed by atoms with van der Waals surface area (Å²) in [5.74, 6) is 0. The number of rotatable bonds is 4. The standard InChI is InChI=1S/C13H21N5/c1-13(2,3)14-8-12-6-5-7-18(12)10-11-9-17(4)16-15-11/h5-7,9,14H,8,10H2,1-4H3. The van der Waals surface area contributed by atoms with Crippen molar-refractivity contribution in [3.63, 3.8) is 0 Å². The van der Waals surface area contributed by atoms with Crippen molar-refractivity contribution in [2.24, 2.45) is 7.05 Å². The van der Waals surface area contributed by atoms with Gasteiger partial charge in [0.25, 0.3) is 0 Å². The van der Waals surface area contributed by atoms with Crippen molar-refractivity contribution in [1.29, 1.82) is 0 Å². The predicted molar refractivity (Wildman–Crippen MR) is 71.1 cm³/mol. The quantitative estimate of drug-likeness (QED) is 0.891. The van der Waals surface area contributed by atoms with Crippen molar-refractivity contribution in [3.05, 3.63) is 35.9 Å². The highest BCUT2D eigenvalue weighted by atomic mass is 15.4. The topological polar surface area (TPSA) is 47.7 Å². The molecule has 2 aromatic heterocycles. The van der Waals surface area contributed by atoms with Crippen LogP contribution in [-0.2, 0) is 20.1 Å². The molecular formula is C13H21N5. The Labute approximate surface area is 108 Å². The van der Waals surface area contributed by atoms with E-state index in [4.69, 9.17) is 0 Å². The zero-order valence-electron chi connectivity index (χ0n) is 11.5. The van der Waals surface area contributed by atoms with Crippen LogP contribution in [0.3, 0.4) is 0 Å². The van der Waals surface area contributed by atoms with Gasteiger partial charge in [-0.2, -0.15) is 0 Å². The molecule has 0 spiro atoms. The lowest BCUT2D eigenvalue weighted by atomic mass is 10.1. The maximum Gasteiger partial charge on any atom is 0.102 e. The summed E-state index contributed by atoms with van der Waals surface area (Å²) in [5, 5.41) is 11.6. The van der Waals surface area contributed by atoms with Crippen LogP contribution in [0.5, 0.6) is 0 Å². The zero-order chi connectivity index (χ0) is 13.2. The van der Waals surface area contributed by atoms with Crippen LogP contribution in [0.4, 0.5) is 0 Å². The number of aryl methyl sites for hydroxylation is 1. The molecule has 0 saturated heterocycles. The summed E-state index contributed by atoms with van der Waals surface area (Å²) in [7, 11) is 1.88.